The molecule has 0 bridgehead atoms. The van der Waals surface area contributed by atoms with E-state index < -0.39 is 4.92 Å². The zero-order valence-electron chi connectivity index (χ0n) is 7.10. The van der Waals surface area contributed by atoms with Gasteiger partial charge < -0.3 is 0 Å². The van der Waals surface area contributed by atoms with E-state index in [-0.39, 0.29) is 12.3 Å². The van der Waals surface area contributed by atoms with E-state index in [0.717, 1.165) is 0 Å². The Labute approximate surface area is 76.0 Å². The lowest BCUT2D eigenvalue weighted by Crippen LogP contribution is -1.96. The number of para-hydroxylation sites is 1. The summed E-state index contributed by atoms with van der Waals surface area (Å²) in [5, 5.41) is 20.7. The Morgan fingerprint density at radius 1 is 1.31 bits per heavy atom. The van der Waals surface area contributed by atoms with Gasteiger partial charge in [0, 0.05) is 11.6 Å². The summed E-state index contributed by atoms with van der Waals surface area (Å²) in [4.78, 5) is 10.1. The maximum Gasteiger partial charge on any atom is 0.272 e. The Morgan fingerprint density at radius 2 is 2.00 bits per heavy atom. The third-order valence-corrected chi connectivity index (χ3v) is 1.78. The standard InChI is InChI=1S/C9H10NO3/c11-7-3-5-8-4-1-2-6-9(8)10(12)13/h1-2,4,6H,3,5,7H2. The highest BCUT2D eigenvalue weighted by atomic mass is 16.6. The number of nitrogens with zero attached hydrogens (tertiary/aromatic N) is 1. The van der Waals surface area contributed by atoms with Gasteiger partial charge in [0.1, 0.15) is 0 Å². The number of aryl methyl sites for hydroxylation is 1. The van der Waals surface area contributed by atoms with E-state index in [2.05, 4.69) is 0 Å². The predicted molar refractivity (Wildman–Crippen MR) is 47.0 cm³/mol. The quantitative estimate of drug-likeness (QED) is 0.525. The molecule has 1 aromatic rings. The first-order valence-electron chi connectivity index (χ1n) is 4.06. The van der Waals surface area contributed by atoms with Crippen LogP contribution in [0.2, 0.25) is 0 Å². The van der Waals surface area contributed by atoms with E-state index in [1.165, 1.54) is 6.07 Å². The molecule has 0 aliphatic rings. The third kappa shape index (κ3) is 2.52. The van der Waals surface area contributed by atoms with Gasteiger partial charge in [0.25, 0.3) is 5.69 Å². The zero-order chi connectivity index (χ0) is 9.68. The van der Waals surface area contributed by atoms with Crippen molar-refractivity contribution in [2.24, 2.45) is 0 Å². The molecule has 0 heterocycles. The summed E-state index contributed by atoms with van der Waals surface area (Å²) in [5.41, 5.74) is 0.749. The van der Waals surface area contributed by atoms with E-state index in [1.54, 1.807) is 18.2 Å². The van der Waals surface area contributed by atoms with Crippen molar-refractivity contribution < 1.29 is 10.0 Å². The van der Waals surface area contributed by atoms with Crippen LogP contribution in [0.1, 0.15) is 12.0 Å². The fourth-order valence-electron chi connectivity index (χ4n) is 1.16. The van der Waals surface area contributed by atoms with Gasteiger partial charge in [0.2, 0.25) is 0 Å². The molecular formula is C9H10NO3. The van der Waals surface area contributed by atoms with Crippen molar-refractivity contribution >= 4 is 5.69 Å². The van der Waals surface area contributed by atoms with Gasteiger partial charge in [0.05, 0.1) is 11.5 Å². The van der Waals surface area contributed by atoms with Crippen LogP contribution in [0.25, 0.3) is 0 Å². The Balaban J connectivity index is 2.84. The highest BCUT2D eigenvalue weighted by Crippen LogP contribution is 2.18. The fourth-order valence-corrected chi connectivity index (χ4v) is 1.16. The molecule has 0 aliphatic carbocycles. The van der Waals surface area contributed by atoms with Crippen molar-refractivity contribution in [2.45, 2.75) is 12.8 Å². The molecule has 1 aromatic carbocycles. The van der Waals surface area contributed by atoms with Crippen molar-refractivity contribution in [2.75, 3.05) is 6.61 Å². The Morgan fingerprint density at radius 3 is 2.62 bits per heavy atom. The lowest BCUT2D eigenvalue weighted by atomic mass is 10.1. The molecule has 1 radical (unpaired) electrons. The second-order valence-corrected chi connectivity index (χ2v) is 2.69. The average Bonchev–Trinajstić information content (AvgIpc) is 2.15. The van der Waals surface area contributed by atoms with E-state index in [0.29, 0.717) is 18.4 Å². The zero-order valence-corrected chi connectivity index (χ0v) is 7.10. The predicted octanol–water partition coefficient (Wildman–Crippen LogP) is 1.96. The molecule has 4 nitrogen and oxygen atoms in total. The van der Waals surface area contributed by atoms with Crippen molar-refractivity contribution in [3.8, 4) is 0 Å². The minimum Gasteiger partial charge on any atom is -0.258 e. The van der Waals surface area contributed by atoms with Crippen LogP contribution in [0.5, 0.6) is 0 Å². The molecule has 0 saturated heterocycles. The summed E-state index contributed by atoms with van der Waals surface area (Å²) in [5.74, 6) is 0. The summed E-state index contributed by atoms with van der Waals surface area (Å²) >= 11 is 0. The lowest BCUT2D eigenvalue weighted by Gasteiger charge is -1.99. The number of hydrogen-bond acceptors (Lipinski definition) is 2. The number of hydrogen-bond donors (Lipinski definition) is 0. The summed E-state index contributed by atoms with van der Waals surface area (Å²) in [6.07, 6.45) is 0.936. The van der Waals surface area contributed by atoms with Crippen molar-refractivity contribution in [3.63, 3.8) is 0 Å². The minimum atomic E-state index is -0.417. The Kier molecular flexibility index (Phi) is 3.40. The molecule has 4 heteroatoms. The second kappa shape index (κ2) is 4.57. The first kappa shape index (κ1) is 9.67. The van der Waals surface area contributed by atoms with Gasteiger partial charge in [-0.15, -0.1) is 0 Å². The van der Waals surface area contributed by atoms with E-state index >= 15 is 0 Å². The number of nitro groups is 1. The van der Waals surface area contributed by atoms with Crippen molar-refractivity contribution in [1.82, 2.24) is 0 Å². The van der Waals surface area contributed by atoms with E-state index in [4.69, 9.17) is 0 Å². The van der Waals surface area contributed by atoms with Gasteiger partial charge >= 0.3 is 0 Å². The molecule has 0 fully saturated rings. The molecule has 0 unspecified atom stereocenters. The van der Waals surface area contributed by atoms with E-state index in [9.17, 15) is 15.2 Å². The molecule has 69 valence electrons. The number of benzene rings is 1. The molecule has 0 spiro atoms. The largest absolute Gasteiger partial charge is 0.272 e. The van der Waals surface area contributed by atoms with Crippen LogP contribution < -0.4 is 0 Å². The summed E-state index contributed by atoms with van der Waals surface area (Å²) in [7, 11) is 0. The second-order valence-electron chi connectivity index (χ2n) is 2.69. The molecule has 0 aromatic heterocycles. The van der Waals surface area contributed by atoms with Gasteiger partial charge in [-0.1, -0.05) is 18.2 Å². The Bertz CT molecular complexity index is 299. The first-order valence-corrected chi connectivity index (χ1v) is 4.06. The number of rotatable bonds is 4. The molecule has 0 saturated carbocycles. The molecule has 13 heavy (non-hydrogen) atoms. The van der Waals surface area contributed by atoms with Gasteiger partial charge in [0.15, 0.2) is 0 Å². The molecule has 0 amide bonds. The van der Waals surface area contributed by atoms with Gasteiger partial charge in [-0.2, -0.15) is 0 Å². The molecule has 0 N–H and O–H groups in total. The van der Waals surface area contributed by atoms with Crippen LogP contribution in [0.4, 0.5) is 5.69 Å². The molecular weight excluding hydrogens is 170 g/mol. The molecule has 0 aliphatic heterocycles. The molecule has 1 rings (SSSR count). The summed E-state index contributed by atoms with van der Waals surface area (Å²) < 4.78 is 0. The number of nitro benzene ring substituents is 1. The van der Waals surface area contributed by atoms with Gasteiger partial charge in [-0.3, -0.25) is 10.1 Å². The minimum absolute atomic E-state index is 0.107. The van der Waals surface area contributed by atoms with Crippen LogP contribution in [0, 0.1) is 10.1 Å². The normalized spacial score (nSPS) is 9.92. The smallest absolute Gasteiger partial charge is 0.258 e. The summed E-state index contributed by atoms with van der Waals surface area (Å²) in [6, 6.07) is 6.51. The third-order valence-electron chi connectivity index (χ3n) is 1.78. The molecule has 0 atom stereocenters. The highest BCUT2D eigenvalue weighted by Gasteiger charge is 2.10. The van der Waals surface area contributed by atoms with Crippen molar-refractivity contribution in [3.05, 3.63) is 39.9 Å². The van der Waals surface area contributed by atoms with Crippen LogP contribution in [0.3, 0.4) is 0 Å². The van der Waals surface area contributed by atoms with Crippen LogP contribution in [-0.4, -0.2) is 11.5 Å². The topological polar surface area (TPSA) is 63.0 Å². The van der Waals surface area contributed by atoms with Crippen LogP contribution in [-0.2, 0) is 11.5 Å². The van der Waals surface area contributed by atoms with Crippen molar-refractivity contribution in [1.29, 1.82) is 0 Å². The van der Waals surface area contributed by atoms with E-state index in [1.807, 2.05) is 0 Å². The van der Waals surface area contributed by atoms with Crippen LogP contribution in [0.15, 0.2) is 24.3 Å². The lowest BCUT2D eigenvalue weighted by molar-refractivity contribution is -0.385. The monoisotopic (exact) mass is 180 g/mol. The van der Waals surface area contributed by atoms with Crippen LogP contribution >= 0.6 is 0 Å². The maximum atomic E-state index is 10.5. The summed E-state index contributed by atoms with van der Waals surface area (Å²) in [6.45, 7) is -0.188. The van der Waals surface area contributed by atoms with Gasteiger partial charge in [-0.25, -0.2) is 5.11 Å². The Hall–Kier alpha value is -1.42. The fraction of sp³-hybridized carbons (Fsp3) is 0.333. The first-order chi connectivity index (χ1) is 6.25. The maximum absolute atomic E-state index is 10.5. The highest BCUT2D eigenvalue weighted by molar-refractivity contribution is 5.39. The average molecular weight is 180 g/mol. The SMILES string of the molecule is [O]CCCc1ccccc1[N+](=O)[O-]. The van der Waals surface area contributed by atoms with Gasteiger partial charge in [-0.05, 0) is 12.8 Å².